The standard InChI is InChI=1S/C12H12F8OSi/c1-22(2,3)21-10(12(18,19)20)6-4-7(11(15,16)17)9(14)8(13)5-6/h4-5,10H,1-3H3. The number of alkyl halides is 6. The fourth-order valence-electron chi connectivity index (χ4n) is 1.65. The molecule has 0 fully saturated rings. The van der Waals surface area contributed by atoms with Crippen molar-refractivity contribution in [3.63, 3.8) is 0 Å². The van der Waals surface area contributed by atoms with Crippen molar-refractivity contribution in [3.05, 3.63) is 34.9 Å². The third kappa shape index (κ3) is 4.67. The van der Waals surface area contributed by atoms with E-state index in [4.69, 9.17) is 4.43 Å². The van der Waals surface area contributed by atoms with Crippen LogP contribution in [0.2, 0.25) is 19.6 Å². The van der Waals surface area contributed by atoms with Crippen LogP contribution in [0, 0.1) is 11.6 Å². The summed E-state index contributed by atoms with van der Waals surface area (Å²) in [6.45, 7) is 4.16. The van der Waals surface area contributed by atoms with Crippen molar-refractivity contribution >= 4 is 8.32 Å². The minimum Gasteiger partial charge on any atom is -0.403 e. The van der Waals surface area contributed by atoms with Gasteiger partial charge in [0.15, 0.2) is 26.1 Å². The van der Waals surface area contributed by atoms with Gasteiger partial charge in [-0.2, -0.15) is 26.3 Å². The van der Waals surface area contributed by atoms with Crippen molar-refractivity contribution < 1.29 is 39.5 Å². The Morgan fingerprint density at radius 2 is 1.45 bits per heavy atom. The highest BCUT2D eigenvalue weighted by Gasteiger charge is 2.46. The van der Waals surface area contributed by atoms with Gasteiger partial charge in [0, 0.05) is 0 Å². The van der Waals surface area contributed by atoms with E-state index in [1.807, 2.05) is 0 Å². The van der Waals surface area contributed by atoms with E-state index in [0.717, 1.165) is 0 Å². The van der Waals surface area contributed by atoms with Gasteiger partial charge >= 0.3 is 12.4 Å². The van der Waals surface area contributed by atoms with Crippen LogP contribution < -0.4 is 0 Å². The summed E-state index contributed by atoms with van der Waals surface area (Å²) >= 11 is 0. The molecular weight excluding hydrogens is 340 g/mol. The predicted octanol–water partition coefficient (Wildman–Crippen LogP) is 5.44. The van der Waals surface area contributed by atoms with Crippen LogP contribution in [0.4, 0.5) is 35.1 Å². The lowest BCUT2D eigenvalue weighted by atomic mass is 10.0. The van der Waals surface area contributed by atoms with Crippen molar-refractivity contribution in [2.45, 2.75) is 38.1 Å². The summed E-state index contributed by atoms with van der Waals surface area (Å²) in [5.74, 6) is -4.26. The molecule has 0 radical (unpaired) electrons. The number of hydrogen-bond acceptors (Lipinski definition) is 1. The topological polar surface area (TPSA) is 9.23 Å². The Bertz CT molecular complexity index is 544. The van der Waals surface area contributed by atoms with Gasteiger partial charge in [-0.05, 0) is 37.3 Å². The predicted molar refractivity (Wildman–Crippen MR) is 64.6 cm³/mol. The van der Waals surface area contributed by atoms with Gasteiger partial charge in [-0.1, -0.05) is 0 Å². The number of rotatable bonds is 3. The van der Waals surface area contributed by atoms with Gasteiger partial charge in [0.1, 0.15) is 0 Å². The summed E-state index contributed by atoms with van der Waals surface area (Å²) < 4.78 is 108. The van der Waals surface area contributed by atoms with Gasteiger partial charge in [-0.25, -0.2) is 8.78 Å². The van der Waals surface area contributed by atoms with Crippen molar-refractivity contribution in [2.24, 2.45) is 0 Å². The van der Waals surface area contributed by atoms with E-state index >= 15 is 0 Å². The lowest BCUT2D eigenvalue weighted by Gasteiger charge is -2.29. The average Bonchev–Trinajstić information content (AvgIpc) is 2.25. The van der Waals surface area contributed by atoms with Crippen LogP contribution in [0.3, 0.4) is 0 Å². The van der Waals surface area contributed by atoms with E-state index in [9.17, 15) is 35.1 Å². The Morgan fingerprint density at radius 1 is 0.955 bits per heavy atom. The first kappa shape index (κ1) is 18.9. The van der Waals surface area contributed by atoms with E-state index in [2.05, 4.69) is 0 Å². The maximum Gasteiger partial charge on any atom is 0.419 e. The zero-order chi connectivity index (χ0) is 17.5. The zero-order valence-corrected chi connectivity index (χ0v) is 12.7. The molecule has 10 heteroatoms. The molecule has 126 valence electrons. The van der Waals surface area contributed by atoms with E-state index in [1.54, 1.807) is 0 Å². The third-order valence-corrected chi connectivity index (χ3v) is 3.37. The van der Waals surface area contributed by atoms with Crippen LogP contribution in [0.25, 0.3) is 0 Å². The first-order valence-electron chi connectivity index (χ1n) is 5.93. The third-order valence-electron chi connectivity index (χ3n) is 2.43. The number of hydrogen-bond donors (Lipinski definition) is 0. The highest BCUT2D eigenvalue weighted by molar-refractivity contribution is 6.69. The molecule has 0 saturated heterocycles. The molecule has 1 nitrogen and oxygen atoms in total. The van der Waals surface area contributed by atoms with E-state index in [-0.39, 0.29) is 12.1 Å². The fraction of sp³-hybridized carbons (Fsp3) is 0.500. The van der Waals surface area contributed by atoms with Crippen LogP contribution in [0.5, 0.6) is 0 Å². The summed E-state index contributed by atoms with van der Waals surface area (Å²) in [5.41, 5.74) is -3.22. The molecule has 0 bridgehead atoms. The van der Waals surface area contributed by atoms with Crippen LogP contribution in [0.15, 0.2) is 12.1 Å². The van der Waals surface area contributed by atoms with Gasteiger partial charge in [0.25, 0.3) is 0 Å². The Kier molecular flexibility index (Phi) is 4.98. The van der Waals surface area contributed by atoms with Gasteiger partial charge < -0.3 is 4.43 Å². The molecule has 0 aliphatic heterocycles. The quantitative estimate of drug-likeness (QED) is 0.520. The molecule has 1 unspecified atom stereocenters. The summed E-state index contributed by atoms with van der Waals surface area (Å²) in [4.78, 5) is 0. The van der Waals surface area contributed by atoms with Crippen LogP contribution in [-0.4, -0.2) is 14.5 Å². The Morgan fingerprint density at radius 3 is 1.82 bits per heavy atom. The summed E-state index contributed by atoms with van der Waals surface area (Å²) in [6, 6.07) is -0.000417. The zero-order valence-electron chi connectivity index (χ0n) is 11.7. The molecule has 1 atom stereocenters. The largest absolute Gasteiger partial charge is 0.419 e. The summed E-state index contributed by atoms with van der Waals surface area (Å²) in [5, 5.41) is 0. The van der Waals surface area contributed by atoms with E-state index in [1.165, 1.54) is 19.6 Å². The number of halogens is 8. The number of benzene rings is 1. The molecule has 0 aromatic heterocycles. The molecule has 1 aromatic rings. The molecule has 0 amide bonds. The molecule has 22 heavy (non-hydrogen) atoms. The summed E-state index contributed by atoms with van der Waals surface area (Å²) in [6.07, 6.45) is -13.1. The molecule has 0 saturated carbocycles. The van der Waals surface area contributed by atoms with Crippen LogP contribution >= 0.6 is 0 Å². The SMILES string of the molecule is C[Si](C)(C)OC(c1cc(F)c(F)c(C(F)(F)F)c1)C(F)(F)F. The van der Waals surface area contributed by atoms with Gasteiger partial charge in [0.2, 0.25) is 0 Å². The van der Waals surface area contributed by atoms with Crippen molar-refractivity contribution in [1.82, 2.24) is 0 Å². The summed E-state index contributed by atoms with van der Waals surface area (Å²) in [7, 11) is -2.82. The second-order valence-corrected chi connectivity index (χ2v) is 9.97. The van der Waals surface area contributed by atoms with Gasteiger partial charge in [0.05, 0.1) is 5.56 Å². The Balaban J connectivity index is 3.47. The Hall–Kier alpha value is -1.16. The average molecular weight is 352 g/mol. The molecule has 0 spiro atoms. The van der Waals surface area contributed by atoms with Crippen molar-refractivity contribution in [1.29, 1.82) is 0 Å². The minimum atomic E-state index is -5.32. The van der Waals surface area contributed by atoms with Gasteiger partial charge in [-0.15, -0.1) is 0 Å². The van der Waals surface area contributed by atoms with Crippen molar-refractivity contribution in [2.75, 3.05) is 0 Å². The minimum absolute atomic E-state index is 0.0723. The molecule has 1 rings (SSSR count). The molecular formula is C12H12F8OSi. The van der Waals surface area contributed by atoms with Crippen LogP contribution in [-0.2, 0) is 10.6 Å². The van der Waals surface area contributed by atoms with Gasteiger partial charge in [-0.3, -0.25) is 0 Å². The normalized spacial score (nSPS) is 15.0. The molecule has 0 aliphatic carbocycles. The van der Waals surface area contributed by atoms with E-state index in [0.29, 0.717) is 0 Å². The molecule has 1 aromatic carbocycles. The lowest BCUT2D eigenvalue weighted by molar-refractivity contribution is -0.201. The first-order chi connectivity index (χ1) is 9.63. The second-order valence-electron chi connectivity index (χ2n) is 5.51. The van der Waals surface area contributed by atoms with Crippen LogP contribution in [0.1, 0.15) is 17.2 Å². The van der Waals surface area contributed by atoms with Crippen molar-refractivity contribution in [3.8, 4) is 0 Å². The smallest absolute Gasteiger partial charge is 0.403 e. The van der Waals surface area contributed by atoms with E-state index < -0.39 is 49.5 Å². The maximum atomic E-state index is 13.3. The highest BCUT2D eigenvalue weighted by atomic mass is 28.4. The maximum absolute atomic E-state index is 13.3. The molecule has 0 N–H and O–H groups in total. The lowest BCUT2D eigenvalue weighted by Crippen LogP contribution is -2.35. The first-order valence-corrected chi connectivity index (χ1v) is 9.34. The molecule has 0 aliphatic rings. The fourth-order valence-corrected chi connectivity index (χ4v) is 2.62. The monoisotopic (exact) mass is 352 g/mol. The Labute approximate surface area is 122 Å². The second kappa shape index (κ2) is 5.80. The molecule has 0 heterocycles. The highest BCUT2D eigenvalue weighted by Crippen LogP contribution is 2.41.